The van der Waals surface area contributed by atoms with Crippen LogP contribution in [0.25, 0.3) is 0 Å². The smallest absolute Gasteiger partial charge is 0.412 e. The van der Waals surface area contributed by atoms with E-state index in [1.165, 1.54) is 0 Å². The van der Waals surface area contributed by atoms with Gasteiger partial charge in [-0.05, 0) is 20.8 Å². The second-order valence-electron chi connectivity index (χ2n) is 5.78. The van der Waals surface area contributed by atoms with E-state index in [2.05, 4.69) is 15.4 Å². The largest absolute Gasteiger partial charge is 0.464 e. The monoisotopic (exact) mass is 318 g/mol. The van der Waals surface area contributed by atoms with Gasteiger partial charge < -0.3 is 30.1 Å². The summed E-state index contributed by atoms with van der Waals surface area (Å²) in [5.74, 6) is -0.932. The average molecular weight is 318 g/mol. The average Bonchev–Trinajstić information content (AvgIpc) is 2.69. The fourth-order valence-corrected chi connectivity index (χ4v) is 1.87. The normalized spacial score (nSPS) is 27.0. The molecule has 0 bridgehead atoms. The zero-order valence-corrected chi connectivity index (χ0v) is 12.9. The van der Waals surface area contributed by atoms with E-state index < -0.39 is 42.5 Å². The number of hydrogen-bond donors (Lipinski definition) is 5. The molecule has 0 radical (unpaired) electrons. The summed E-state index contributed by atoms with van der Waals surface area (Å²) in [5.41, 5.74) is -1.33. The van der Waals surface area contributed by atoms with Crippen LogP contribution < -0.4 is 10.6 Å². The highest BCUT2D eigenvalue weighted by molar-refractivity contribution is 5.93. The molecule has 0 aromatic carbocycles. The predicted molar refractivity (Wildman–Crippen MR) is 74.4 cm³/mol. The number of carbonyl (C=O) groups is 2. The van der Waals surface area contributed by atoms with E-state index in [4.69, 9.17) is 9.84 Å². The molecular weight excluding hydrogens is 296 g/mol. The highest BCUT2D eigenvalue weighted by atomic mass is 16.6. The lowest BCUT2D eigenvalue weighted by molar-refractivity contribution is -0.136. The quantitative estimate of drug-likeness (QED) is 0.316. The SMILES string of the molecule is COC(=O)/C(NC(=O)OC(C)(C)C)=C1\N[C@@H](CO)[C@@H](O)[C@@H]1O. The summed E-state index contributed by atoms with van der Waals surface area (Å²) in [5, 5.41) is 33.6. The Labute approximate surface area is 127 Å². The van der Waals surface area contributed by atoms with Crippen LogP contribution >= 0.6 is 0 Å². The molecule has 1 amide bonds. The summed E-state index contributed by atoms with van der Waals surface area (Å²) in [6, 6.07) is -0.870. The third kappa shape index (κ3) is 4.33. The van der Waals surface area contributed by atoms with Crippen LogP contribution in [0.4, 0.5) is 4.79 Å². The Morgan fingerprint density at radius 2 is 1.91 bits per heavy atom. The van der Waals surface area contributed by atoms with Crippen molar-refractivity contribution in [2.75, 3.05) is 13.7 Å². The molecule has 5 N–H and O–H groups in total. The number of alkyl carbamates (subject to hydrolysis) is 1. The molecular formula is C13H22N2O7. The Balaban J connectivity index is 3.06. The van der Waals surface area contributed by atoms with Crippen LogP contribution in [0.2, 0.25) is 0 Å². The molecule has 9 nitrogen and oxygen atoms in total. The number of aliphatic hydroxyl groups is 3. The van der Waals surface area contributed by atoms with Crippen molar-refractivity contribution in [2.45, 2.75) is 44.6 Å². The van der Waals surface area contributed by atoms with Gasteiger partial charge in [-0.25, -0.2) is 9.59 Å². The van der Waals surface area contributed by atoms with Crippen molar-refractivity contribution in [3.05, 3.63) is 11.4 Å². The lowest BCUT2D eigenvalue weighted by Gasteiger charge is -2.21. The minimum absolute atomic E-state index is 0.149. The molecule has 1 heterocycles. The van der Waals surface area contributed by atoms with Gasteiger partial charge in [0.1, 0.15) is 17.8 Å². The van der Waals surface area contributed by atoms with Crippen LogP contribution in [0, 0.1) is 0 Å². The first kappa shape index (κ1) is 18.2. The van der Waals surface area contributed by atoms with Gasteiger partial charge in [0.05, 0.1) is 25.5 Å². The highest BCUT2D eigenvalue weighted by Gasteiger charge is 2.40. The molecule has 1 rings (SSSR count). The Hall–Kier alpha value is -1.84. The standard InChI is InChI=1S/C13H22N2O7/c1-13(2,3)22-12(20)15-8(11(19)21-4)7-10(18)9(17)6(5-16)14-7/h6,9-10,14,16-18H,5H2,1-4H3,(H,15,20)/b8-7+/t6-,9+,10+/m0/s1. The van der Waals surface area contributed by atoms with Crippen molar-refractivity contribution in [2.24, 2.45) is 0 Å². The van der Waals surface area contributed by atoms with Gasteiger partial charge in [-0.3, -0.25) is 5.32 Å². The topological polar surface area (TPSA) is 137 Å². The van der Waals surface area contributed by atoms with Gasteiger partial charge >= 0.3 is 12.1 Å². The fraction of sp³-hybridized carbons (Fsp3) is 0.692. The number of ether oxygens (including phenoxy) is 2. The predicted octanol–water partition coefficient (Wildman–Crippen LogP) is -1.42. The number of rotatable bonds is 3. The van der Waals surface area contributed by atoms with Crippen molar-refractivity contribution in [1.29, 1.82) is 0 Å². The van der Waals surface area contributed by atoms with Crippen molar-refractivity contribution in [3.63, 3.8) is 0 Å². The molecule has 0 aromatic heterocycles. The minimum Gasteiger partial charge on any atom is -0.464 e. The molecule has 22 heavy (non-hydrogen) atoms. The third-order valence-electron chi connectivity index (χ3n) is 2.85. The number of hydrogen-bond acceptors (Lipinski definition) is 8. The Morgan fingerprint density at radius 3 is 2.32 bits per heavy atom. The van der Waals surface area contributed by atoms with E-state index in [1.807, 2.05) is 0 Å². The van der Waals surface area contributed by atoms with Crippen molar-refractivity contribution < 1.29 is 34.4 Å². The lowest BCUT2D eigenvalue weighted by Crippen LogP contribution is -2.37. The molecule has 126 valence electrons. The maximum absolute atomic E-state index is 11.8. The first-order chi connectivity index (χ1) is 10.1. The minimum atomic E-state index is -1.49. The Bertz CT molecular complexity index is 469. The third-order valence-corrected chi connectivity index (χ3v) is 2.85. The van der Waals surface area contributed by atoms with Crippen LogP contribution in [0.3, 0.4) is 0 Å². The van der Waals surface area contributed by atoms with Crippen LogP contribution in [-0.2, 0) is 14.3 Å². The summed E-state index contributed by atoms with van der Waals surface area (Å²) >= 11 is 0. The summed E-state index contributed by atoms with van der Waals surface area (Å²) in [6.07, 6.45) is -3.74. The fourth-order valence-electron chi connectivity index (χ4n) is 1.87. The molecule has 0 saturated carbocycles. The summed E-state index contributed by atoms with van der Waals surface area (Å²) in [6.45, 7) is 4.46. The maximum atomic E-state index is 11.8. The van der Waals surface area contributed by atoms with Crippen LogP contribution in [-0.4, -0.2) is 64.9 Å². The maximum Gasteiger partial charge on any atom is 0.412 e. The molecule has 1 aliphatic rings. The molecule has 1 fully saturated rings. The second-order valence-corrected chi connectivity index (χ2v) is 5.78. The number of nitrogens with one attached hydrogen (secondary N) is 2. The van der Waals surface area contributed by atoms with E-state index in [-0.39, 0.29) is 11.4 Å². The molecule has 0 unspecified atom stereocenters. The summed E-state index contributed by atoms with van der Waals surface area (Å²) < 4.78 is 9.57. The van der Waals surface area contributed by atoms with E-state index in [0.29, 0.717) is 0 Å². The number of aliphatic hydroxyl groups excluding tert-OH is 3. The van der Waals surface area contributed by atoms with E-state index in [0.717, 1.165) is 7.11 Å². The Kier molecular flexibility index (Phi) is 5.75. The van der Waals surface area contributed by atoms with Crippen LogP contribution in [0.5, 0.6) is 0 Å². The molecule has 1 aliphatic heterocycles. The zero-order valence-electron chi connectivity index (χ0n) is 12.9. The second kappa shape index (κ2) is 6.95. The molecule has 0 aromatic rings. The van der Waals surface area contributed by atoms with Crippen molar-refractivity contribution in [1.82, 2.24) is 10.6 Å². The molecule has 0 spiro atoms. The molecule has 0 aliphatic carbocycles. The van der Waals surface area contributed by atoms with Gasteiger partial charge in [0.2, 0.25) is 0 Å². The van der Waals surface area contributed by atoms with Gasteiger partial charge in [-0.15, -0.1) is 0 Å². The zero-order chi connectivity index (χ0) is 17.1. The van der Waals surface area contributed by atoms with Gasteiger partial charge in [-0.2, -0.15) is 0 Å². The van der Waals surface area contributed by atoms with E-state index in [9.17, 15) is 19.8 Å². The van der Waals surface area contributed by atoms with Gasteiger partial charge in [0, 0.05) is 0 Å². The summed E-state index contributed by atoms with van der Waals surface area (Å²) in [7, 11) is 1.10. The van der Waals surface area contributed by atoms with Gasteiger partial charge in [0.25, 0.3) is 0 Å². The lowest BCUT2D eigenvalue weighted by atomic mass is 10.1. The Morgan fingerprint density at radius 1 is 1.32 bits per heavy atom. The van der Waals surface area contributed by atoms with E-state index in [1.54, 1.807) is 20.8 Å². The number of carbonyl (C=O) groups excluding carboxylic acids is 2. The van der Waals surface area contributed by atoms with Crippen molar-refractivity contribution in [3.8, 4) is 0 Å². The first-order valence-corrected chi connectivity index (χ1v) is 6.66. The van der Waals surface area contributed by atoms with E-state index >= 15 is 0 Å². The first-order valence-electron chi connectivity index (χ1n) is 6.66. The number of methoxy groups -OCH3 is 1. The van der Waals surface area contributed by atoms with Crippen molar-refractivity contribution >= 4 is 12.1 Å². The van der Waals surface area contributed by atoms with Gasteiger partial charge in [0.15, 0.2) is 5.70 Å². The van der Waals surface area contributed by atoms with Crippen LogP contribution in [0.15, 0.2) is 11.4 Å². The number of esters is 1. The molecule has 3 atom stereocenters. The molecule has 1 saturated heterocycles. The van der Waals surface area contributed by atoms with Gasteiger partial charge in [-0.1, -0.05) is 0 Å². The van der Waals surface area contributed by atoms with Crippen LogP contribution in [0.1, 0.15) is 20.8 Å². The highest BCUT2D eigenvalue weighted by Crippen LogP contribution is 2.20. The summed E-state index contributed by atoms with van der Waals surface area (Å²) in [4.78, 5) is 23.6. The number of amides is 1. The molecule has 9 heteroatoms.